The van der Waals surface area contributed by atoms with Crippen molar-refractivity contribution < 1.29 is 8.42 Å². The fourth-order valence-electron chi connectivity index (χ4n) is 4.87. The molecule has 2 fully saturated rings. The van der Waals surface area contributed by atoms with Gasteiger partial charge in [-0.25, -0.2) is 18.4 Å². The standard InChI is InChI=1S/C20H26N4O2S2/c1-3-20(15-6-4-7-16(12-15)23-28(2,25)26)17-13-24(14-18(17)20)10-11-27-19-21-8-5-9-22-19/h4-9,12,17-18,23H,3,10-11,13-14H2,1-2H3. The maximum absolute atomic E-state index is 11.6. The first-order valence-corrected chi connectivity index (χ1v) is 12.5. The van der Waals surface area contributed by atoms with E-state index in [2.05, 4.69) is 32.6 Å². The lowest BCUT2D eigenvalue weighted by atomic mass is 9.87. The smallest absolute Gasteiger partial charge is 0.229 e. The Bertz CT molecular complexity index is 924. The van der Waals surface area contributed by atoms with Gasteiger partial charge in [-0.05, 0) is 42.0 Å². The summed E-state index contributed by atoms with van der Waals surface area (Å²) in [6.45, 7) is 5.52. The zero-order valence-electron chi connectivity index (χ0n) is 16.2. The quantitative estimate of drug-likeness (QED) is 0.525. The van der Waals surface area contributed by atoms with Gasteiger partial charge in [0.05, 0.1) is 6.26 Å². The molecule has 1 aliphatic heterocycles. The lowest BCUT2D eigenvalue weighted by Crippen LogP contribution is -2.31. The Morgan fingerprint density at radius 3 is 2.57 bits per heavy atom. The van der Waals surface area contributed by atoms with Crippen LogP contribution in [0.1, 0.15) is 18.9 Å². The van der Waals surface area contributed by atoms with E-state index in [4.69, 9.17) is 0 Å². The molecular formula is C20H26N4O2S2. The molecule has 0 amide bonds. The van der Waals surface area contributed by atoms with Crippen molar-refractivity contribution in [3.05, 3.63) is 48.3 Å². The second-order valence-corrected chi connectivity index (χ2v) is 10.5. The van der Waals surface area contributed by atoms with E-state index in [1.54, 1.807) is 24.2 Å². The van der Waals surface area contributed by atoms with Crippen molar-refractivity contribution in [1.82, 2.24) is 14.9 Å². The average Bonchev–Trinajstić information content (AvgIpc) is 3.04. The van der Waals surface area contributed by atoms with Gasteiger partial charge >= 0.3 is 0 Å². The van der Waals surface area contributed by atoms with Crippen LogP contribution in [0, 0.1) is 11.8 Å². The number of sulfonamides is 1. The highest BCUT2D eigenvalue weighted by Gasteiger charge is 2.67. The highest BCUT2D eigenvalue weighted by Crippen LogP contribution is 2.65. The van der Waals surface area contributed by atoms with Gasteiger partial charge in [-0.1, -0.05) is 30.8 Å². The first-order valence-electron chi connectivity index (χ1n) is 9.63. The molecule has 1 saturated carbocycles. The van der Waals surface area contributed by atoms with Crippen LogP contribution in [0.2, 0.25) is 0 Å². The number of thioether (sulfide) groups is 1. The van der Waals surface area contributed by atoms with Crippen molar-refractivity contribution in [2.75, 3.05) is 36.4 Å². The topological polar surface area (TPSA) is 75.2 Å². The third kappa shape index (κ3) is 3.90. The van der Waals surface area contributed by atoms with E-state index >= 15 is 0 Å². The molecule has 1 aromatic heterocycles. The normalized spacial score (nSPS) is 26.8. The number of rotatable bonds is 8. The van der Waals surface area contributed by atoms with E-state index in [-0.39, 0.29) is 5.41 Å². The molecule has 6 nitrogen and oxygen atoms in total. The fraction of sp³-hybridized carbons (Fsp3) is 0.500. The minimum absolute atomic E-state index is 0.196. The largest absolute Gasteiger partial charge is 0.302 e. The zero-order valence-corrected chi connectivity index (χ0v) is 17.8. The average molecular weight is 419 g/mol. The van der Waals surface area contributed by atoms with Gasteiger partial charge in [0.1, 0.15) is 0 Å². The Labute approximate surface area is 171 Å². The summed E-state index contributed by atoms with van der Waals surface area (Å²) in [6.07, 6.45) is 5.84. The van der Waals surface area contributed by atoms with Crippen molar-refractivity contribution in [2.24, 2.45) is 11.8 Å². The first kappa shape index (κ1) is 19.7. The van der Waals surface area contributed by atoms with E-state index in [0.29, 0.717) is 17.5 Å². The van der Waals surface area contributed by atoms with Gasteiger partial charge in [0.25, 0.3) is 0 Å². The van der Waals surface area contributed by atoms with Crippen LogP contribution >= 0.6 is 11.8 Å². The number of hydrogen-bond acceptors (Lipinski definition) is 6. The molecule has 2 aliphatic rings. The molecule has 2 aromatic rings. The van der Waals surface area contributed by atoms with Crippen LogP contribution < -0.4 is 4.72 Å². The molecule has 0 spiro atoms. The molecule has 2 heterocycles. The predicted molar refractivity (Wildman–Crippen MR) is 113 cm³/mol. The number of aromatic nitrogens is 2. The Morgan fingerprint density at radius 2 is 1.93 bits per heavy atom. The molecule has 1 saturated heterocycles. The van der Waals surface area contributed by atoms with Gasteiger partial charge in [-0.15, -0.1) is 0 Å². The van der Waals surface area contributed by atoms with Crippen molar-refractivity contribution in [3.8, 4) is 0 Å². The van der Waals surface area contributed by atoms with Gasteiger partial charge in [-0.3, -0.25) is 4.72 Å². The second-order valence-electron chi connectivity index (χ2n) is 7.70. The molecule has 2 unspecified atom stereocenters. The molecule has 0 radical (unpaired) electrons. The lowest BCUT2D eigenvalue weighted by Gasteiger charge is -2.26. The van der Waals surface area contributed by atoms with Crippen LogP contribution in [0.15, 0.2) is 47.9 Å². The number of nitrogens with one attached hydrogen (secondary N) is 1. The van der Waals surface area contributed by atoms with Crippen LogP contribution in [0.3, 0.4) is 0 Å². The van der Waals surface area contributed by atoms with Crippen molar-refractivity contribution in [3.63, 3.8) is 0 Å². The molecule has 1 aliphatic carbocycles. The van der Waals surface area contributed by atoms with E-state index in [1.807, 2.05) is 24.3 Å². The summed E-state index contributed by atoms with van der Waals surface area (Å²) in [5.74, 6) is 2.31. The van der Waals surface area contributed by atoms with Gasteiger partial charge < -0.3 is 4.90 Å². The molecule has 4 rings (SSSR count). The minimum Gasteiger partial charge on any atom is -0.302 e. The summed E-state index contributed by atoms with van der Waals surface area (Å²) in [5, 5.41) is 0.838. The Hall–Kier alpha value is -1.64. The number of likely N-dealkylation sites (tertiary alicyclic amines) is 1. The summed E-state index contributed by atoms with van der Waals surface area (Å²) in [4.78, 5) is 11.1. The summed E-state index contributed by atoms with van der Waals surface area (Å²) in [6, 6.07) is 9.80. The van der Waals surface area contributed by atoms with Crippen LogP contribution in [-0.4, -0.2) is 54.9 Å². The van der Waals surface area contributed by atoms with E-state index in [0.717, 1.165) is 37.0 Å². The van der Waals surface area contributed by atoms with Gasteiger partial charge in [0, 0.05) is 48.9 Å². The summed E-state index contributed by atoms with van der Waals surface area (Å²) >= 11 is 1.70. The number of piperidine rings is 1. The second kappa shape index (κ2) is 7.65. The number of hydrogen-bond donors (Lipinski definition) is 1. The Balaban J connectivity index is 1.37. The highest BCUT2D eigenvalue weighted by atomic mass is 32.2. The minimum atomic E-state index is -3.26. The number of benzene rings is 1. The third-order valence-electron chi connectivity index (χ3n) is 6.08. The molecule has 2 atom stereocenters. The fourth-order valence-corrected chi connectivity index (χ4v) is 6.23. The van der Waals surface area contributed by atoms with Gasteiger partial charge in [0.15, 0.2) is 5.16 Å². The summed E-state index contributed by atoms with van der Waals surface area (Å²) < 4.78 is 25.7. The van der Waals surface area contributed by atoms with Crippen LogP contribution in [-0.2, 0) is 15.4 Å². The van der Waals surface area contributed by atoms with Crippen molar-refractivity contribution in [2.45, 2.75) is 23.9 Å². The molecule has 28 heavy (non-hydrogen) atoms. The Kier molecular flexibility index (Phi) is 5.37. The number of fused-ring (bicyclic) bond motifs is 1. The molecular weight excluding hydrogens is 392 g/mol. The number of nitrogens with zero attached hydrogens (tertiary/aromatic N) is 3. The highest BCUT2D eigenvalue weighted by molar-refractivity contribution is 7.99. The third-order valence-corrected chi connectivity index (χ3v) is 7.54. The Morgan fingerprint density at radius 1 is 1.21 bits per heavy atom. The SMILES string of the molecule is CCC1(c2cccc(NS(C)(=O)=O)c2)C2CN(CCSc3ncccn3)CC21. The van der Waals surface area contributed by atoms with Crippen LogP contribution in [0.25, 0.3) is 0 Å². The van der Waals surface area contributed by atoms with Gasteiger partial charge in [-0.2, -0.15) is 0 Å². The molecule has 0 bridgehead atoms. The predicted octanol–water partition coefficient (Wildman–Crippen LogP) is 2.85. The number of anilines is 1. The van der Waals surface area contributed by atoms with E-state index in [9.17, 15) is 8.42 Å². The van der Waals surface area contributed by atoms with Gasteiger partial charge in [0.2, 0.25) is 10.0 Å². The van der Waals surface area contributed by atoms with E-state index < -0.39 is 10.0 Å². The summed E-state index contributed by atoms with van der Waals surface area (Å²) in [5.41, 5.74) is 2.13. The van der Waals surface area contributed by atoms with Crippen LogP contribution in [0.5, 0.6) is 0 Å². The molecule has 8 heteroatoms. The zero-order chi connectivity index (χ0) is 19.8. The lowest BCUT2D eigenvalue weighted by molar-refractivity contribution is 0.284. The molecule has 1 aromatic carbocycles. The molecule has 1 N–H and O–H groups in total. The monoisotopic (exact) mass is 418 g/mol. The van der Waals surface area contributed by atoms with Crippen LogP contribution in [0.4, 0.5) is 5.69 Å². The molecule has 150 valence electrons. The maximum atomic E-state index is 11.6. The first-order chi connectivity index (χ1) is 13.4. The van der Waals surface area contributed by atoms with E-state index in [1.165, 1.54) is 11.8 Å². The maximum Gasteiger partial charge on any atom is 0.229 e. The van der Waals surface area contributed by atoms with Crippen molar-refractivity contribution >= 4 is 27.5 Å². The summed E-state index contributed by atoms with van der Waals surface area (Å²) in [7, 11) is -3.26. The van der Waals surface area contributed by atoms with Crippen molar-refractivity contribution in [1.29, 1.82) is 0 Å².